The summed E-state index contributed by atoms with van der Waals surface area (Å²) in [6, 6.07) is 9.93. The molecule has 0 saturated carbocycles. The van der Waals surface area contributed by atoms with Crippen LogP contribution >= 0.6 is 11.6 Å². The van der Waals surface area contributed by atoms with Crippen LogP contribution in [-0.4, -0.2) is 16.5 Å². The minimum Gasteiger partial charge on any atom is -0.370 e. The SMILES string of the molecule is CCCNc1cc(CCC)nc(Cc2cccc(Cl)c2)n1. The maximum atomic E-state index is 6.04. The first-order valence-electron chi connectivity index (χ1n) is 7.56. The number of hydrogen-bond acceptors (Lipinski definition) is 3. The number of hydrogen-bond donors (Lipinski definition) is 1. The van der Waals surface area contributed by atoms with Gasteiger partial charge in [-0.15, -0.1) is 0 Å². The molecule has 0 bridgehead atoms. The van der Waals surface area contributed by atoms with E-state index < -0.39 is 0 Å². The molecule has 0 amide bonds. The molecule has 1 N–H and O–H groups in total. The second-order valence-electron chi connectivity index (χ2n) is 5.14. The molecular formula is C17H22ClN3. The van der Waals surface area contributed by atoms with E-state index in [-0.39, 0.29) is 0 Å². The summed E-state index contributed by atoms with van der Waals surface area (Å²) in [5, 5.41) is 4.10. The Morgan fingerprint density at radius 3 is 2.67 bits per heavy atom. The Hall–Kier alpha value is -1.61. The van der Waals surface area contributed by atoms with Crippen LogP contribution in [-0.2, 0) is 12.8 Å². The highest BCUT2D eigenvalue weighted by molar-refractivity contribution is 6.30. The van der Waals surface area contributed by atoms with Crippen LogP contribution in [0.5, 0.6) is 0 Å². The van der Waals surface area contributed by atoms with Gasteiger partial charge in [0.15, 0.2) is 0 Å². The van der Waals surface area contributed by atoms with E-state index in [1.165, 1.54) is 0 Å². The number of nitrogens with zero attached hydrogens (tertiary/aromatic N) is 2. The number of aromatic nitrogens is 2. The number of aryl methyl sites for hydroxylation is 1. The Kier molecular flexibility index (Phi) is 6.00. The summed E-state index contributed by atoms with van der Waals surface area (Å²) < 4.78 is 0. The number of anilines is 1. The molecule has 0 aliphatic carbocycles. The quantitative estimate of drug-likeness (QED) is 0.818. The average Bonchev–Trinajstić information content (AvgIpc) is 2.45. The normalized spacial score (nSPS) is 10.6. The highest BCUT2D eigenvalue weighted by Gasteiger charge is 2.06. The fourth-order valence-corrected chi connectivity index (χ4v) is 2.40. The predicted molar refractivity (Wildman–Crippen MR) is 89.1 cm³/mol. The lowest BCUT2D eigenvalue weighted by Crippen LogP contribution is -2.07. The topological polar surface area (TPSA) is 37.8 Å². The number of benzene rings is 1. The minimum atomic E-state index is 0.707. The maximum Gasteiger partial charge on any atom is 0.135 e. The molecule has 21 heavy (non-hydrogen) atoms. The molecule has 1 aromatic heterocycles. The Morgan fingerprint density at radius 2 is 1.95 bits per heavy atom. The summed E-state index contributed by atoms with van der Waals surface area (Å²) in [6.07, 6.45) is 3.85. The molecule has 0 fully saturated rings. The van der Waals surface area contributed by atoms with Gasteiger partial charge >= 0.3 is 0 Å². The monoisotopic (exact) mass is 303 g/mol. The van der Waals surface area contributed by atoms with Gasteiger partial charge < -0.3 is 5.32 Å². The van der Waals surface area contributed by atoms with Crippen molar-refractivity contribution in [2.75, 3.05) is 11.9 Å². The van der Waals surface area contributed by atoms with Gasteiger partial charge in [-0.2, -0.15) is 0 Å². The third-order valence-electron chi connectivity index (χ3n) is 3.14. The van der Waals surface area contributed by atoms with Gasteiger partial charge in [0.2, 0.25) is 0 Å². The van der Waals surface area contributed by atoms with Crippen LogP contribution < -0.4 is 5.32 Å². The molecular weight excluding hydrogens is 282 g/mol. The van der Waals surface area contributed by atoms with Crippen LogP contribution in [0.1, 0.15) is 43.8 Å². The van der Waals surface area contributed by atoms with E-state index in [0.717, 1.165) is 53.7 Å². The van der Waals surface area contributed by atoms with E-state index >= 15 is 0 Å². The minimum absolute atomic E-state index is 0.707. The molecule has 0 atom stereocenters. The zero-order valence-electron chi connectivity index (χ0n) is 12.7. The van der Waals surface area contributed by atoms with Gasteiger partial charge in [-0.25, -0.2) is 9.97 Å². The number of halogens is 1. The Bertz CT molecular complexity index is 584. The van der Waals surface area contributed by atoms with Crippen LogP contribution in [0.2, 0.25) is 5.02 Å². The van der Waals surface area contributed by atoms with Crippen molar-refractivity contribution in [2.24, 2.45) is 0 Å². The van der Waals surface area contributed by atoms with Crippen LogP contribution in [0.3, 0.4) is 0 Å². The van der Waals surface area contributed by atoms with E-state index in [4.69, 9.17) is 11.6 Å². The van der Waals surface area contributed by atoms with Crippen molar-refractivity contribution >= 4 is 17.4 Å². The molecule has 0 spiro atoms. The highest BCUT2D eigenvalue weighted by Crippen LogP contribution is 2.15. The molecule has 4 heteroatoms. The maximum absolute atomic E-state index is 6.04. The van der Waals surface area contributed by atoms with Crippen LogP contribution in [0.15, 0.2) is 30.3 Å². The van der Waals surface area contributed by atoms with E-state index in [2.05, 4.69) is 41.3 Å². The van der Waals surface area contributed by atoms with Gasteiger partial charge in [-0.1, -0.05) is 44.0 Å². The molecule has 1 aromatic carbocycles. The smallest absolute Gasteiger partial charge is 0.135 e. The van der Waals surface area contributed by atoms with Gasteiger partial charge in [0.05, 0.1) is 0 Å². The van der Waals surface area contributed by atoms with E-state index in [0.29, 0.717) is 6.42 Å². The third-order valence-corrected chi connectivity index (χ3v) is 3.37. The summed E-state index contributed by atoms with van der Waals surface area (Å²) in [5.41, 5.74) is 2.24. The van der Waals surface area contributed by atoms with Crippen molar-refractivity contribution in [3.63, 3.8) is 0 Å². The molecule has 3 nitrogen and oxygen atoms in total. The van der Waals surface area contributed by atoms with Gasteiger partial charge in [0, 0.05) is 29.7 Å². The summed E-state index contributed by atoms with van der Waals surface area (Å²) in [7, 11) is 0. The summed E-state index contributed by atoms with van der Waals surface area (Å²) >= 11 is 6.04. The molecule has 0 saturated heterocycles. The van der Waals surface area contributed by atoms with Crippen molar-refractivity contribution in [3.8, 4) is 0 Å². The average molecular weight is 304 g/mol. The molecule has 0 unspecified atom stereocenters. The number of rotatable bonds is 7. The van der Waals surface area contributed by atoms with Gasteiger partial charge in [-0.3, -0.25) is 0 Å². The lowest BCUT2D eigenvalue weighted by molar-refractivity contribution is 0.838. The molecule has 2 rings (SSSR count). The molecule has 112 valence electrons. The van der Waals surface area contributed by atoms with Gasteiger partial charge in [-0.05, 0) is 30.5 Å². The van der Waals surface area contributed by atoms with Crippen LogP contribution in [0, 0.1) is 0 Å². The second kappa shape index (κ2) is 7.99. The van der Waals surface area contributed by atoms with Crippen molar-refractivity contribution in [1.29, 1.82) is 0 Å². The third kappa shape index (κ3) is 5.01. The van der Waals surface area contributed by atoms with Crippen molar-refractivity contribution < 1.29 is 0 Å². The molecule has 0 aliphatic rings. The van der Waals surface area contributed by atoms with Crippen LogP contribution in [0.4, 0.5) is 5.82 Å². The lowest BCUT2D eigenvalue weighted by Gasteiger charge is -2.09. The van der Waals surface area contributed by atoms with Gasteiger partial charge in [0.25, 0.3) is 0 Å². The zero-order chi connectivity index (χ0) is 15.1. The summed E-state index contributed by atoms with van der Waals surface area (Å²) in [5.74, 6) is 1.77. The standard InChI is InChI=1S/C17H22ClN3/c1-3-6-15-12-16(19-9-4-2)21-17(20-15)11-13-7-5-8-14(18)10-13/h5,7-8,10,12H,3-4,6,9,11H2,1-2H3,(H,19,20,21). The van der Waals surface area contributed by atoms with Crippen molar-refractivity contribution in [2.45, 2.75) is 39.5 Å². The first-order valence-corrected chi connectivity index (χ1v) is 7.94. The van der Waals surface area contributed by atoms with E-state index in [1.54, 1.807) is 0 Å². The fourth-order valence-electron chi connectivity index (χ4n) is 2.19. The van der Waals surface area contributed by atoms with E-state index in [1.807, 2.05) is 18.2 Å². The Balaban J connectivity index is 2.22. The first-order chi connectivity index (χ1) is 10.2. The fraction of sp³-hybridized carbons (Fsp3) is 0.412. The summed E-state index contributed by atoms with van der Waals surface area (Å²) in [6.45, 7) is 5.24. The van der Waals surface area contributed by atoms with Gasteiger partial charge in [0.1, 0.15) is 11.6 Å². The summed E-state index contributed by atoms with van der Waals surface area (Å²) in [4.78, 5) is 9.27. The molecule has 0 radical (unpaired) electrons. The lowest BCUT2D eigenvalue weighted by atomic mass is 10.1. The zero-order valence-corrected chi connectivity index (χ0v) is 13.5. The molecule has 1 heterocycles. The van der Waals surface area contributed by atoms with Crippen LogP contribution in [0.25, 0.3) is 0 Å². The van der Waals surface area contributed by atoms with E-state index in [9.17, 15) is 0 Å². The largest absolute Gasteiger partial charge is 0.370 e. The first kappa shape index (κ1) is 15.8. The second-order valence-corrected chi connectivity index (χ2v) is 5.58. The van der Waals surface area contributed by atoms with Crippen molar-refractivity contribution in [1.82, 2.24) is 9.97 Å². The Morgan fingerprint density at radius 1 is 1.10 bits per heavy atom. The van der Waals surface area contributed by atoms with Crippen molar-refractivity contribution in [3.05, 3.63) is 52.4 Å². The molecule has 0 aliphatic heterocycles. The highest BCUT2D eigenvalue weighted by atomic mass is 35.5. The predicted octanol–water partition coefficient (Wildman–Crippen LogP) is 4.50. The molecule has 2 aromatic rings. The number of nitrogens with one attached hydrogen (secondary N) is 1. The Labute approximate surface area is 131 Å².